The van der Waals surface area contributed by atoms with Gasteiger partial charge in [0.05, 0.1) is 9.79 Å². The summed E-state index contributed by atoms with van der Waals surface area (Å²) in [5.41, 5.74) is 0.785. The van der Waals surface area contributed by atoms with E-state index in [1.165, 1.54) is 60.7 Å². The Morgan fingerprint density at radius 1 is 0.333 bits per heavy atom. The number of rotatable bonds is 12. The Morgan fingerprint density at radius 3 is 0.867 bits per heavy atom. The predicted octanol–water partition coefficient (Wildman–Crippen LogP) is 6.83. The second-order valence-corrected chi connectivity index (χ2v) is 15.6. The third-order valence-electron chi connectivity index (χ3n) is 8.31. The van der Waals surface area contributed by atoms with Gasteiger partial charge in [0.15, 0.2) is 0 Å². The maximum absolute atomic E-state index is 13.5. The molecule has 0 atom stereocenters. The minimum atomic E-state index is -4.49. The van der Waals surface area contributed by atoms with Gasteiger partial charge in [-0.3, -0.25) is 28.3 Å². The van der Waals surface area contributed by atoms with E-state index in [4.69, 9.17) is 0 Å². The van der Waals surface area contributed by atoms with Gasteiger partial charge in [0.1, 0.15) is 0 Å². The molecule has 6 aromatic carbocycles. The van der Waals surface area contributed by atoms with Gasteiger partial charge >= 0.3 is 6.03 Å². The molecule has 60 heavy (non-hydrogen) atoms. The van der Waals surface area contributed by atoms with E-state index in [2.05, 4.69) is 31.9 Å². The highest BCUT2D eigenvalue weighted by Gasteiger charge is 2.19. The Balaban J connectivity index is 1.27. The molecule has 17 nitrogen and oxygen atoms in total. The Kier molecular flexibility index (Phi) is 12.5. The van der Waals surface area contributed by atoms with Crippen molar-refractivity contribution in [1.29, 1.82) is 0 Å². The van der Waals surface area contributed by atoms with E-state index in [1.807, 2.05) is 0 Å². The van der Waals surface area contributed by atoms with Crippen molar-refractivity contribution in [2.24, 2.45) is 0 Å². The number of nitrogens with one attached hydrogen (secondary N) is 6. The topological polar surface area (TPSA) is 266 Å². The van der Waals surface area contributed by atoms with Crippen molar-refractivity contribution in [3.05, 3.63) is 168 Å². The van der Waals surface area contributed by atoms with E-state index < -0.39 is 59.7 Å². The monoisotopic (exact) mass is 848 g/mol. The molecule has 6 aromatic rings. The number of carbonyl (C=O) groups is 5. The molecule has 8 N–H and O–H groups in total. The highest BCUT2D eigenvalue weighted by Crippen LogP contribution is 2.23. The molecule has 0 aliphatic heterocycles. The number of urea groups is 1. The normalized spacial score (nSPS) is 11.1. The summed E-state index contributed by atoms with van der Waals surface area (Å²) in [6.45, 7) is 0. The van der Waals surface area contributed by atoms with Crippen LogP contribution in [0.2, 0.25) is 0 Å². The smallest absolute Gasteiger partial charge is 0.322 e. The minimum Gasteiger partial charge on any atom is -0.322 e. The van der Waals surface area contributed by atoms with Crippen LogP contribution in [0.1, 0.15) is 41.4 Å². The SMILES string of the molecule is O=C(Nc1cc(C(=O)Nc2ccccc2)cc(C(=O)Nc2ccc(S(=O)(=O)O)cc2)c1)Nc1cc(C(=O)Nc2ccccc2)cc(C(=O)Nc2ccc(S(=O)(=O)O)cc2)c1. The maximum Gasteiger partial charge on any atom is 0.323 e. The van der Waals surface area contributed by atoms with E-state index in [0.717, 1.165) is 24.3 Å². The van der Waals surface area contributed by atoms with Crippen molar-refractivity contribution in [1.82, 2.24) is 0 Å². The molecule has 6 amide bonds. The van der Waals surface area contributed by atoms with Crippen LogP contribution in [0.15, 0.2) is 155 Å². The third kappa shape index (κ3) is 11.2. The first-order chi connectivity index (χ1) is 28.5. The van der Waals surface area contributed by atoms with E-state index in [9.17, 15) is 49.9 Å². The van der Waals surface area contributed by atoms with Crippen molar-refractivity contribution in [2.45, 2.75) is 9.79 Å². The molecule has 0 spiro atoms. The minimum absolute atomic E-state index is 0.0376. The van der Waals surface area contributed by atoms with Crippen LogP contribution in [0, 0.1) is 0 Å². The van der Waals surface area contributed by atoms with Crippen molar-refractivity contribution in [2.75, 3.05) is 31.9 Å². The Labute approximate surface area is 342 Å². The molecular weight excluding hydrogens is 817 g/mol. The largest absolute Gasteiger partial charge is 0.323 e. The summed E-state index contributed by atoms with van der Waals surface area (Å²) in [6, 6.07) is 32.8. The van der Waals surface area contributed by atoms with E-state index >= 15 is 0 Å². The van der Waals surface area contributed by atoms with E-state index in [1.54, 1.807) is 60.7 Å². The number of hydrogen-bond donors (Lipinski definition) is 8. The molecule has 0 bridgehead atoms. The lowest BCUT2D eigenvalue weighted by Crippen LogP contribution is -2.22. The first kappa shape index (κ1) is 41.9. The highest BCUT2D eigenvalue weighted by molar-refractivity contribution is 7.86. The molecule has 0 saturated heterocycles. The molecule has 0 fully saturated rings. The molecule has 0 unspecified atom stereocenters. The third-order valence-corrected chi connectivity index (χ3v) is 10.0. The van der Waals surface area contributed by atoms with Crippen LogP contribution in [0.3, 0.4) is 0 Å². The van der Waals surface area contributed by atoms with Crippen LogP contribution in [0.4, 0.5) is 38.9 Å². The number of anilines is 6. The Bertz CT molecular complexity index is 2650. The van der Waals surface area contributed by atoms with Gasteiger partial charge in [-0.05, 0) is 109 Å². The highest BCUT2D eigenvalue weighted by atomic mass is 32.2. The molecule has 0 radical (unpaired) electrons. The van der Waals surface area contributed by atoms with Crippen LogP contribution in [0.25, 0.3) is 0 Å². The number of amides is 6. The summed E-state index contributed by atoms with van der Waals surface area (Å²) in [4.78, 5) is 66.3. The van der Waals surface area contributed by atoms with Crippen LogP contribution >= 0.6 is 0 Å². The average molecular weight is 849 g/mol. The lowest BCUT2D eigenvalue weighted by atomic mass is 10.1. The van der Waals surface area contributed by atoms with Gasteiger partial charge in [-0.1, -0.05) is 36.4 Å². The van der Waals surface area contributed by atoms with E-state index in [0.29, 0.717) is 11.4 Å². The maximum atomic E-state index is 13.5. The molecule has 0 aliphatic rings. The molecule has 19 heteroatoms. The number of para-hydroxylation sites is 2. The lowest BCUT2D eigenvalue weighted by molar-refractivity contribution is 0.101. The van der Waals surface area contributed by atoms with Crippen molar-refractivity contribution >= 4 is 84.0 Å². The molecule has 0 heterocycles. The zero-order valence-corrected chi connectivity index (χ0v) is 32.4. The van der Waals surface area contributed by atoms with Gasteiger partial charge in [-0.25, -0.2) is 4.79 Å². The second-order valence-electron chi connectivity index (χ2n) is 12.7. The summed E-state index contributed by atoms with van der Waals surface area (Å²) in [6.07, 6.45) is 0. The summed E-state index contributed by atoms with van der Waals surface area (Å²) in [7, 11) is -8.99. The summed E-state index contributed by atoms with van der Waals surface area (Å²) in [5, 5.41) is 15.6. The van der Waals surface area contributed by atoms with Crippen LogP contribution in [-0.2, 0) is 20.2 Å². The van der Waals surface area contributed by atoms with Crippen molar-refractivity contribution < 1.29 is 49.9 Å². The van der Waals surface area contributed by atoms with Crippen LogP contribution < -0.4 is 31.9 Å². The molecule has 6 rings (SSSR count). The van der Waals surface area contributed by atoms with Crippen molar-refractivity contribution in [3.8, 4) is 0 Å². The lowest BCUT2D eigenvalue weighted by Gasteiger charge is -2.14. The number of carbonyl (C=O) groups excluding carboxylic acids is 5. The van der Waals surface area contributed by atoms with E-state index in [-0.39, 0.29) is 45.0 Å². The fourth-order valence-electron chi connectivity index (χ4n) is 5.49. The summed E-state index contributed by atoms with van der Waals surface area (Å²) < 4.78 is 64.4. The second kappa shape index (κ2) is 17.8. The van der Waals surface area contributed by atoms with Crippen LogP contribution in [0.5, 0.6) is 0 Å². The average Bonchev–Trinajstić information content (AvgIpc) is 3.21. The molecule has 0 saturated carbocycles. The Hall–Kier alpha value is -7.71. The quantitative estimate of drug-likeness (QED) is 0.0591. The molecule has 0 aromatic heterocycles. The summed E-state index contributed by atoms with van der Waals surface area (Å²) >= 11 is 0. The van der Waals surface area contributed by atoms with Gasteiger partial charge in [-0.2, -0.15) is 16.8 Å². The molecular formula is C41H32N6O11S2. The number of benzene rings is 6. The predicted molar refractivity (Wildman–Crippen MR) is 223 cm³/mol. The fourth-order valence-corrected chi connectivity index (χ4v) is 6.45. The number of hydrogen-bond acceptors (Lipinski definition) is 9. The first-order valence-electron chi connectivity index (χ1n) is 17.4. The van der Waals surface area contributed by atoms with Crippen molar-refractivity contribution in [3.63, 3.8) is 0 Å². The van der Waals surface area contributed by atoms with Gasteiger partial charge in [-0.15, -0.1) is 0 Å². The standard InChI is InChI=1S/C41H32N6O11S2/c48-37(42-29-7-3-1-4-8-29)25-19-27(39(50)44-31-11-15-35(16-12-31)59(53,54)55)23-33(21-25)46-41(52)47-34-22-26(38(49)43-30-9-5-2-6-10-30)20-28(24-34)40(51)45-32-13-17-36(18-14-32)60(56,57)58/h1-24H,(H,42,48)(H,43,49)(H,44,50)(H,45,51)(H2,46,47,52)(H,53,54,55)(H,56,57,58). The van der Waals surface area contributed by atoms with Gasteiger partial charge in [0.2, 0.25) is 0 Å². The summed E-state index contributed by atoms with van der Waals surface area (Å²) in [5.74, 6) is -2.80. The molecule has 304 valence electrons. The first-order valence-corrected chi connectivity index (χ1v) is 20.3. The van der Waals surface area contributed by atoms with Gasteiger partial charge in [0, 0.05) is 56.4 Å². The van der Waals surface area contributed by atoms with Gasteiger partial charge in [0.25, 0.3) is 43.9 Å². The Morgan fingerprint density at radius 2 is 0.600 bits per heavy atom. The fraction of sp³-hybridized carbons (Fsp3) is 0. The van der Waals surface area contributed by atoms with Gasteiger partial charge < -0.3 is 31.9 Å². The zero-order valence-electron chi connectivity index (χ0n) is 30.7. The molecule has 0 aliphatic carbocycles. The van der Waals surface area contributed by atoms with Crippen LogP contribution in [-0.4, -0.2) is 55.6 Å². The zero-order chi connectivity index (χ0) is 43.0.